The number of aromatic nitrogens is 1. The van der Waals surface area contributed by atoms with Crippen molar-refractivity contribution in [1.29, 1.82) is 0 Å². The summed E-state index contributed by atoms with van der Waals surface area (Å²) in [5.74, 6) is 1.10. The lowest BCUT2D eigenvalue weighted by molar-refractivity contribution is -0.133. The van der Waals surface area contributed by atoms with Gasteiger partial charge in [-0.05, 0) is 44.7 Å². The van der Waals surface area contributed by atoms with Gasteiger partial charge >= 0.3 is 0 Å². The van der Waals surface area contributed by atoms with Crippen molar-refractivity contribution in [3.05, 3.63) is 16.1 Å². The van der Waals surface area contributed by atoms with Crippen LogP contribution < -0.4 is 5.32 Å². The molecule has 1 N–H and O–H groups in total. The van der Waals surface area contributed by atoms with Gasteiger partial charge in [0, 0.05) is 44.5 Å². The average molecular weight is 351 g/mol. The predicted octanol–water partition coefficient (Wildman–Crippen LogP) is 2.13. The molecule has 6 heteroatoms. The number of aryl methyl sites for hydroxylation is 1. The smallest absolute Gasteiger partial charge is 0.222 e. The number of carbonyl (C=O) groups excluding carboxylic acids is 1. The van der Waals surface area contributed by atoms with E-state index in [-0.39, 0.29) is 0 Å². The topological polar surface area (TPSA) is 48.5 Å². The van der Waals surface area contributed by atoms with Crippen LogP contribution >= 0.6 is 11.3 Å². The number of piperidine rings is 1. The van der Waals surface area contributed by atoms with E-state index < -0.39 is 0 Å². The molecule has 2 saturated heterocycles. The van der Waals surface area contributed by atoms with Gasteiger partial charge in [0.05, 0.1) is 10.7 Å². The van der Waals surface area contributed by atoms with Crippen molar-refractivity contribution in [2.24, 2.45) is 5.92 Å². The molecule has 1 aromatic heterocycles. The van der Waals surface area contributed by atoms with Crippen molar-refractivity contribution < 1.29 is 4.79 Å². The van der Waals surface area contributed by atoms with E-state index in [1.54, 1.807) is 11.3 Å². The number of nitrogens with one attached hydrogen (secondary N) is 1. The van der Waals surface area contributed by atoms with Crippen molar-refractivity contribution in [3.63, 3.8) is 0 Å². The monoisotopic (exact) mass is 350 g/mol. The highest BCUT2D eigenvalue weighted by Gasteiger charge is 2.22. The Balaban J connectivity index is 1.37. The van der Waals surface area contributed by atoms with E-state index in [9.17, 15) is 4.79 Å². The summed E-state index contributed by atoms with van der Waals surface area (Å²) in [4.78, 5) is 21.6. The van der Waals surface area contributed by atoms with Gasteiger partial charge in [-0.1, -0.05) is 6.92 Å². The summed E-state index contributed by atoms with van der Waals surface area (Å²) < 4.78 is 0. The van der Waals surface area contributed by atoms with E-state index in [1.807, 2.05) is 0 Å². The molecule has 2 fully saturated rings. The van der Waals surface area contributed by atoms with Crippen LogP contribution in [0.15, 0.2) is 5.38 Å². The van der Waals surface area contributed by atoms with E-state index in [0.29, 0.717) is 5.91 Å². The first kappa shape index (κ1) is 17.8. The minimum absolute atomic E-state index is 0.357. The third-order valence-electron chi connectivity index (χ3n) is 5.24. The van der Waals surface area contributed by atoms with E-state index in [4.69, 9.17) is 0 Å². The highest BCUT2D eigenvalue weighted by Crippen LogP contribution is 2.19. The number of thiazole rings is 1. The largest absolute Gasteiger partial charge is 0.340 e. The molecule has 0 atom stereocenters. The Labute approximate surface area is 149 Å². The molecule has 2 aliphatic rings. The average Bonchev–Trinajstić information content (AvgIpc) is 3.09. The second kappa shape index (κ2) is 8.92. The van der Waals surface area contributed by atoms with Gasteiger partial charge in [-0.25, -0.2) is 4.98 Å². The molecule has 0 aliphatic carbocycles. The lowest BCUT2D eigenvalue weighted by Gasteiger charge is -2.34. The van der Waals surface area contributed by atoms with Crippen LogP contribution in [0.3, 0.4) is 0 Å². The minimum atomic E-state index is 0.357. The zero-order chi connectivity index (χ0) is 16.8. The van der Waals surface area contributed by atoms with Crippen LogP contribution in [0.5, 0.6) is 0 Å². The van der Waals surface area contributed by atoms with Gasteiger partial charge in [0.25, 0.3) is 0 Å². The number of amides is 1. The third-order valence-corrected chi connectivity index (χ3v) is 6.28. The second-order valence-corrected chi connectivity index (χ2v) is 7.92. The van der Waals surface area contributed by atoms with Crippen molar-refractivity contribution in [2.45, 2.75) is 45.6 Å². The Morgan fingerprint density at radius 3 is 2.71 bits per heavy atom. The molecular formula is C18H30N4OS. The number of piperazine rings is 1. The molecule has 1 aromatic rings. The Hall–Kier alpha value is -0.980. The van der Waals surface area contributed by atoms with Crippen molar-refractivity contribution in [3.8, 4) is 0 Å². The fourth-order valence-corrected chi connectivity index (χ4v) is 4.36. The van der Waals surface area contributed by atoms with Gasteiger partial charge < -0.3 is 10.2 Å². The molecule has 2 aliphatic heterocycles. The molecule has 0 aromatic carbocycles. The molecule has 0 saturated carbocycles. The molecular weight excluding hydrogens is 320 g/mol. The van der Waals surface area contributed by atoms with Gasteiger partial charge in [0.1, 0.15) is 0 Å². The number of hydrogen-bond acceptors (Lipinski definition) is 5. The number of hydrogen-bond donors (Lipinski definition) is 1. The van der Waals surface area contributed by atoms with Crippen molar-refractivity contribution in [2.75, 3.05) is 39.3 Å². The fourth-order valence-electron chi connectivity index (χ4n) is 3.62. The summed E-state index contributed by atoms with van der Waals surface area (Å²) in [7, 11) is 0. The van der Waals surface area contributed by atoms with Crippen LogP contribution in [0.2, 0.25) is 0 Å². The zero-order valence-corrected chi connectivity index (χ0v) is 15.6. The van der Waals surface area contributed by atoms with Gasteiger partial charge in [-0.3, -0.25) is 9.69 Å². The molecule has 3 rings (SSSR count). The molecule has 3 heterocycles. The second-order valence-electron chi connectivity index (χ2n) is 6.98. The Morgan fingerprint density at radius 2 is 2.04 bits per heavy atom. The first-order chi connectivity index (χ1) is 11.7. The normalized spacial score (nSPS) is 20.5. The van der Waals surface area contributed by atoms with Crippen molar-refractivity contribution >= 4 is 17.2 Å². The highest BCUT2D eigenvalue weighted by molar-refractivity contribution is 7.09. The maximum Gasteiger partial charge on any atom is 0.222 e. The predicted molar refractivity (Wildman–Crippen MR) is 98.2 cm³/mol. The third kappa shape index (κ3) is 5.01. The Bertz CT molecular complexity index is 519. The summed E-state index contributed by atoms with van der Waals surface area (Å²) >= 11 is 1.76. The maximum absolute atomic E-state index is 12.4. The summed E-state index contributed by atoms with van der Waals surface area (Å²) in [5, 5.41) is 6.79. The van der Waals surface area contributed by atoms with Crippen molar-refractivity contribution in [1.82, 2.24) is 20.1 Å². The summed E-state index contributed by atoms with van der Waals surface area (Å²) in [5.41, 5.74) is 1.18. The number of carbonyl (C=O) groups is 1. The van der Waals surface area contributed by atoms with Gasteiger partial charge in [-0.15, -0.1) is 11.3 Å². The van der Waals surface area contributed by atoms with Crippen LogP contribution in [0.4, 0.5) is 0 Å². The summed E-state index contributed by atoms with van der Waals surface area (Å²) in [6, 6.07) is 0. The lowest BCUT2D eigenvalue weighted by atomic mass is 9.93. The first-order valence-electron chi connectivity index (χ1n) is 9.38. The van der Waals surface area contributed by atoms with Gasteiger partial charge in [-0.2, -0.15) is 0 Å². The van der Waals surface area contributed by atoms with E-state index in [1.165, 1.54) is 23.5 Å². The molecule has 0 radical (unpaired) electrons. The Kier molecular flexibility index (Phi) is 6.63. The first-order valence-corrected chi connectivity index (χ1v) is 10.3. The standard InChI is InChI=1S/C18H30N4OS/c1-2-17-20-16(14-24-17)13-21-9-11-22(12-10-21)18(23)4-3-15-5-7-19-8-6-15/h14-15,19H,2-13H2,1H3. The molecule has 0 bridgehead atoms. The molecule has 5 nitrogen and oxygen atoms in total. The number of rotatable bonds is 6. The molecule has 134 valence electrons. The SMILES string of the molecule is CCc1nc(CN2CCN(C(=O)CCC3CCNCC3)CC2)cs1. The van der Waals surface area contributed by atoms with Crippen LogP contribution in [-0.4, -0.2) is 60.0 Å². The molecule has 1 amide bonds. The maximum atomic E-state index is 12.4. The number of nitrogens with zero attached hydrogens (tertiary/aromatic N) is 3. The van der Waals surface area contributed by atoms with Crippen LogP contribution in [-0.2, 0) is 17.8 Å². The van der Waals surface area contributed by atoms with Gasteiger partial charge in [0.15, 0.2) is 0 Å². The summed E-state index contributed by atoms with van der Waals surface area (Å²) in [6.45, 7) is 8.99. The van der Waals surface area contributed by atoms with E-state index in [0.717, 1.165) is 71.0 Å². The highest BCUT2D eigenvalue weighted by atomic mass is 32.1. The summed E-state index contributed by atoms with van der Waals surface area (Å²) in [6.07, 6.45) is 5.28. The molecule has 0 unspecified atom stereocenters. The van der Waals surface area contributed by atoms with E-state index >= 15 is 0 Å². The van der Waals surface area contributed by atoms with Crippen LogP contribution in [0.25, 0.3) is 0 Å². The van der Waals surface area contributed by atoms with E-state index in [2.05, 4.69) is 32.4 Å². The van der Waals surface area contributed by atoms with Crippen LogP contribution in [0, 0.1) is 5.92 Å². The molecule has 24 heavy (non-hydrogen) atoms. The molecule has 0 spiro atoms. The van der Waals surface area contributed by atoms with Crippen LogP contribution in [0.1, 0.15) is 43.3 Å². The zero-order valence-electron chi connectivity index (χ0n) is 14.8. The lowest BCUT2D eigenvalue weighted by Crippen LogP contribution is -2.48. The quantitative estimate of drug-likeness (QED) is 0.854. The fraction of sp³-hybridized carbons (Fsp3) is 0.778. The minimum Gasteiger partial charge on any atom is -0.340 e. The van der Waals surface area contributed by atoms with Gasteiger partial charge in [0.2, 0.25) is 5.91 Å². The Morgan fingerprint density at radius 1 is 1.29 bits per heavy atom.